The fourth-order valence-corrected chi connectivity index (χ4v) is 1.37. The first-order chi connectivity index (χ1) is 5.38. The number of aliphatic imine (C=N–C) groups is 1. The molecule has 0 amide bonds. The molecule has 11 heavy (non-hydrogen) atoms. The summed E-state index contributed by atoms with van der Waals surface area (Å²) in [5.41, 5.74) is 0. The first-order valence-electron chi connectivity index (χ1n) is 3.45. The molecule has 0 aromatic carbocycles. The molecule has 56 valence electrons. The minimum atomic E-state index is 0.896. The Bertz CT molecular complexity index is 286. The van der Waals surface area contributed by atoms with Gasteiger partial charge in [0.25, 0.3) is 0 Å². The molecule has 0 unspecified atom stereocenters. The Morgan fingerprint density at radius 1 is 1.55 bits per heavy atom. The first kappa shape index (κ1) is 6.73. The maximum atomic E-state index is 4.29. The fourth-order valence-electron chi connectivity index (χ4n) is 1.10. The van der Waals surface area contributed by atoms with E-state index in [-0.39, 0.29) is 0 Å². The van der Waals surface area contributed by atoms with Crippen molar-refractivity contribution >= 4 is 18.5 Å². The van der Waals surface area contributed by atoms with Crippen LogP contribution in [0.5, 0.6) is 0 Å². The second kappa shape index (κ2) is 2.58. The molecule has 0 atom stereocenters. The third kappa shape index (κ3) is 1.12. The number of allylic oxidation sites excluding steroid dienone is 2. The van der Waals surface area contributed by atoms with Gasteiger partial charge in [-0.2, -0.15) is 0 Å². The smallest absolute Gasteiger partial charge is 0.146 e. The summed E-state index contributed by atoms with van der Waals surface area (Å²) in [5.74, 6) is 0.943. The van der Waals surface area contributed by atoms with Crippen molar-refractivity contribution in [3.05, 3.63) is 35.5 Å². The number of hydrogen-bond acceptors (Lipinski definition) is 3. The van der Waals surface area contributed by atoms with Gasteiger partial charge in [0, 0.05) is 23.8 Å². The Hall–Kier alpha value is -0.960. The summed E-state index contributed by atoms with van der Waals surface area (Å²) in [6.45, 7) is 0.896. The van der Waals surface area contributed by atoms with Gasteiger partial charge in [-0.1, -0.05) is 0 Å². The standard InChI is InChI=1S/C8H8N2S/c11-7-3-1-5-10-6-2-4-9-8(7)10/h1-5,11H,6H2. The van der Waals surface area contributed by atoms with Crippen LogP contribution in [-0.2, 0) is 0 Å². The Kier molecular flexibility index (Phi) is 1.58. The molecule has 2 heterocycles. The third-order valence-corrected chi connectivity index (χ3v) is 1.97. The van der Waals surface area contributed by atoms with E-state index in [4.69, 9.17) is 0 Å². The maximum absolute atomic E-state index is 4.29. The highest BCUT2D eigenvalue weighted by Crippen LogP contribution is 2.16. The number of fused-ring (bicyclic) bond motifs is 1. The van der Waals surface area contributed by atoms with Gasteiger partial charge in [-0.25, -0.2) is 4.99 Å². The summed E-state index contributed by atoms with van der Waals surface area (Å²) in [4.78, 5) is 7.18. The Balaban J connectivity index is 2.40. The van der Waals surface area contributed by atoms with Gasteiger partial charge in [0.1, 0.15) is 5.84 Å². The summed E-state index contributed by atoms with van der Waals surface area (Å²) < 4.78 is 0. The van der Waals surface area contributed by atoms with Crippen LogP contribution in [0.4, 0.5) is 0 Å². The van der Waals surface area contributed by atoms with E-state index in [1.807, 2.05) is 30.6 Å². The van der Waals surface area contributed by atoms with Gasteiger partial charge >= 0.3 is 0 Å². The lowest BCUT2D eigenvalue weighted by Gasteiger charge is -2.24. The van der Waals surface area contributed by atoms with Crippen molar-refractivity contribution in [2.45, 2.75) is 0 Å². The lowest BCUT2D eigenvalue weighted by Crippen LogP contribution is -2.29. The van der Waals surface area contributed by atoms with Gasteiger partial charge in [0.2, 0.25) is 0 Å². The van der Waals surface area contributed by atoms with Crippen molar-refractivity contribution < 1.29 is 0 Å². The number of rotatable bonds is 0. The van der Waals surface area contributed by atoms with Crippen LogP contribution in [0.2, 0.25) is 0 Å². The number of amidine groups is 1. The van der Waals surface area contributed by atoms with Gasteiger partial charge in [0.15, 0.2) is 0 Å². The van der Waals surface area contributed by atoms with Crippen LogP contribution in [0.3, 0.4) is 0 Å². The van der Waals surface area contributed by atoms with Gasteiger partial charge in [-0.3, -0.25) is 0 Å². The monoisotopic (exact) mass is 164 g/mol. The molecule has 0 saturated heterocycles. The molecule has 2 aliphatic heterocycles. The van der Waals surface area contributed by atoms with Gasteiger partial charge in [-0.05, 0) is 18.2 Å². The van der Waals surface area contributed by atoms with Crippen molar-refractivity contribution in [1.29, 1.82) is 0 Å². The van der Waals surface area contributed by atoms with Crippen molar-refractivity contribution in [2.24, 2.45) is 4.99 Å². The van der Waals surface area contributed by atoms with Gasteiger partial charge in [0.05, 0.1) is 0 Å². The minimum absolute atomic E-state index is 0.896. The molecule has 2 rings (SSSR count). The highest BCUT2D eigenvalue weighted by Gasteiger charge is 2.13. The molecule has 0 aromatic rings. The summed E-state index contributed by atoms with van der Waals surface area (Å²) in [6.07, 6.45) is 9.75. The Labute approximate surface area is 71.0 Å². The predicted molar refractivity (Wildman–Crippen MR) is 49.5 cm³/mol. The summed E-state index contributed by atoms with van der Waals surface area (Å²) in [7, 11) is 0. The molecule has 0 aromatic heterocycles. The normalized spacial score (nSPS) is 21.0. The van der Waals surface area contributed by atoms with Crippen molar-refractivity contribution in [1.82, 2.24) is 4.90 Å². The molecule has 2 aliphatic rings. The van der Waals surface area contributed by atoms with E-state index in [0.717, 1.165) is 17.3 Å². The van der Waals surface area contributed by atoms with Gasteiger partial charge < -0.3 is 4.90 Å². The molecule has 3 heteroatoms. The SMILES string of the molecule is SC1=CC=CN2CC=CN=C12. The highest BCUT2D eigenvalue weighted by atomic mass is 32.1. The number of nitrogens with zero attached hydrogens (tertiary/aromatic N) is 2. The average Bonchev–Trinajstić information content (AvgIpc) is 2.06. The zero-order valence-corrected chi connectivity index (χ0v) is 6.83. The Morgan fingerprint density at radius 2 is 2.45 bits per heavy atom. The molecule has 0 spiro atoms. The second-order valence-corrected chi connectivity index (χ2v) is 2.87. The molecule has 0 aliphatic carbocycles. The predicted octanol–water partition coefficient (Wildman–Crippen LogP) is 1.56. The number of thiol groups is 1. The lowest BCUT2D eigenvalue weighted by molar-refractivity contribution is 0.613. The van der Waals surface area contributed by atoms with E-state index in [9.17, 15) is 0 Å². The van der Waals surface area contributed by atoms with E-state index in [1.54, 1.807) is 0 Å². The molecule has 0 N–H and O–H groups in total. The third-order valence-electron chi connectivity index (χ3n) is 1.63. The van der Waals surface area contributed by atoms with Crippen LogP contribution >= 0.6 is 12.6 Å². The molecule has 0 bridgehead atoms. The van der Waals surface area contributed by atoms with Crippen molar-refractivity contribution in [3.8, 4) is 0 Å². The highest BCUT2D eigenvalue weighted by molar-refractivity contribution is 7.85. The molecular formula is C8H8N2S. The van der Waals surface area contributed by atoms with E-state index < -0.39 is 0 Å². The van der Waals surface area contributed by atoms with E-state index in [1.165, 1.54) is 0 Å². The van der Waals surface area contributed by atoms with E-state index >= 15 is 0 Å². The Morgan fingerprint density at radius 3 is 3.27 bits per heavy atom. The van der Waals surface area contributed by atoms with Crippen LogP contribution in [0.25, 0.3) is 0 Å². The van der Waals surface area contributed by atoms with Crippen LogP contribution < -0.4 is 0 Å². The maximum Gasteiger partial charge on any atom is 0.146 e. The molecule has 0 saturated carbocycles. The zero-order chi connectivity index (χ0) is 7.68. The summed E-state index contributed by atoms with van der Waals surface area (Å²) >= 11 is 4.29. The van der Waals surface area contributed by atoms with Crippen molar-refractivity contribution in [3.63, 3.8) is 0 Å². The van der Waals surface area contributed by atoms with Crippen molar-refractivity contribution in [2.75, 3.05) is 6.54 Å². The van der Waals surface area contributed by atoms with Crippen LogP contribution in [0.15, 0.2) is 40.5 Å². The quantitative estimate of drug-likeness (QED) is 0.537. The minimum Gasteiger partial charge on any atom is -0.328 e. The lowest BCUT2D eigenvalue weighted by atomic mass is 10.3. The average molecular weight is 164 g/mol. The van der Waals surface area contributed by atoms with E-state index in [2.05, 4.69) is 22.5 Å². The molecule has 0 fully saturated rings. The topological polar surface area (TPSA) is 15.6 Å². The first-order valence-corrected chi connectivity index (χ1v) is 3.90. The molecule has 0 radical (unpaired) electrons. The van der Waals surface area contributed by atoms with Crippen LogP contribution in [0.1, 0.15) is 0 Å². The largest absolute Gasteiger partial charge is 0.328 e. The number of hydrogen-bond donors (Lipinski definition) is 1. The van der Waals surface area contributed by atoms with Crippen LogP contribution in [0, 0.1) is 0 Å². The summed E-state index contributed by atoms with van der Waals surface area (Å²) in [5, 5.41) is 0. The fraction of sp³-hybridized carbons (Fsp3) is 0.125. The van der Waals surface area contributed by atoms with Crippen LogP contribution in [-0.4, -0.2) is 17.3 Å². The van der Waals surface area contributed by atoms with E-state index in [0.29, 0.717) is 0 Å². The van der Waals surface area contributed by atoms with Gasteiger partial charge in [-0.15, -0.1) is 12.6 Å². The summed E-state index contributed by atoms with van der Waals surface area (Å²) in [6, 6.07) is 0. The molecule has 2 nitrogen and oxygen atoms in total. The molecular weight excluding hydrogens is 156 g/mol. The second-order valence-electron chi connectivity index (χ2n) is 2.38. The zero-order valence-electron chi connectivity index (χ0n) is 5.94.